The average Bonchev–Trinajstić information content (AvgIpc) is 2.61. The summed E-state index contributed by atoms with van der Waals surface area (Å²) in [7, 11) is 0. The molecule has 14 heavy (non-hydrogen) atoms. The molecule has 2 rings (SSSR count). The summed E-state index contributed by atoms with van der Waals surface area (Å²) in [5, 5.41) is 3.44. The lowest BCUT2D eigenvalue weighted by Gasteiger charge is -2.07. The molecule has 2 heteroatoms. The zero-order valence-electron chi connectivity index (χ0n) is 7.94. The van der Waals surface area contributed by atoms with E-state index in [4.69, 9.17) is 5.73 Å². The van der Waals surface area contributed by atoms with E-state index in [0.29, 0.717) is 0 Å². The Hall–Kier alpha value is -1.12. The molecule has 72 valence electrons. The van der Waals surface area contributed by atoms with Crippen LogP contribution in [0, 0.1) is 0 Å². The lowest BCUT2D eigenvalue weighted by molar-refractivity contribution is 0.751. The second-order valence-electron chi connectivity index (χ2n) is 3.32. The zero-order chi connectivity index (χ0) is 9.97. The van der Waals surface area contributed by atoms with Gasteiger partial charge in [-0.05, 0) is 28.8 Å². The fourth-order valence-corrected chi connectivity index (χ4v) is 2.62. The van der Waals surface area contributed by atoms with E-state index >= 15 is 0 Å². The van der Waals surface area contributed by atoms with Crippen LogP contribution >= 0.6 is 11.3 Å². The van der Waals surface area contributed by atoms with Crippen molar-refractivity contribution in [3.05, 3.63) is 47.9 Å². The Kier molecular flexibility index (Phi) is 2.66. The minimum atomic E-state index is 0.0867. The lowest BCUT2D eigenvalue weighted by atomic mass is 10.0. The molecule has 1 nitrogen and oxygen atoms in total. The number of hydrogen-bond acceptors (Lipinski definition) is 2. The molecule has 0 aliphatic heterocycles. The molecule has 0 saturated carbocycles. The topological polar surface area (TPSA) is 26.0 Å². The van der Waals surface area contributed by atoms with Crippen LogP contribution in [0.5, 0.6) is 0 Å². The van der Waals surface area contributed by atoms with Crippen LogP contribution < -0.4 is 5.73 Å². The molecule has 0 radical (unpaired) electrons. The Labute approximate surface area is 87.9 Å². The molecule has 0 spiro atoms. The second-order valence-corrected chi connectivity index (χ2v) is 4.23. The van der Waals surface area contributed by atoms with Crippen LogP contribution in [-0.2, 0) is 0 Å². The van der Waals surface area contributed by atoms with Gasteiger partial charge in [-0.15, -0.1) is 17.9 Å². The summed E-state index contributed by atoms with van der Waals surface area (Å²) in [6.45, 7) is 3.71. The minimum Gasteiger partial charge on any atom is -0.324 e. The third kappa shape index (κ3) is 1.59. The number of benzene rings is 1. The molecule has 0 aliphatic rings. The van der Waals surface area contributed by atoms with E-state index in [9.17, 15) is 0 Å². The summed E-state index contributed by atoms with van der Waals surface area (Å²) in [5.74, 6) is 0. The van der Waals surface area contributed by atoms with Crippen molar-refractivity contribution in [2.75, 3.05) is 0 Å². The van der Waals surface area contributed by atoms with Gasteiger partial charge in [0.25, 0.3) is 0 Å². The highest BCUT2D eigenvalue weighted by Gasteiger charge is 2.09. The standard InChI is InChI=1S/C12H13NS/c1-2-5-11(13)10-8-14-12-7-4-3-6-9(10)12/h2-4,6-8,11H,1,5,13H2. The third-order valence-corrected chi connectivity index (χ3v) is 3.31. The smallest absolute Gasteiger partial charge is 0.0346 e. The summed E-state index contributed by atoms with van der Waals surface area (Å²) in [5.41, 5.74) is 7.29. The molecule has 0 fully saturated rings. The largest absolute Gasteiger partial charge is 0.324 e. The van der Waals surface area contributed by atoms with Gasteiger partial charge in [0.2, 0.25) is 0 Å². The van der Waals surface area contributed by atoms with Gasteiger partial charge in [0, 0.05) is 10.7 Å². The van der Waals surface area contributed by atoms with E-state index in [1.165, 1.54) is 15.6 Å². The van der Waals surface area contributed by atoms with Gasteiger partial charge in [-0.2, -0.15) is 0 Å². The number of hydrogen-bond donors (Lipinski definition) is 1. The number of nitrogens with two attached hydrogens (primary N) is 1. The molecule has 1 aromatic heterocycles. The number of fused-ring (bicyclic) bond motifs is 1. The van der Waals surface area contributed by atoms with Gasteiger partial charge in [-0.25, -0.2) is 0 Å². The van der Waals surface area contributed by atoms with Crippen LogP contribution in [0.25, 0.3) is 10.1 Å². The Morgan fingerprint density at radius 1 is 1.43 bits per heavy atom. The molecule has 1 atom stereocenters. The fraction of sp³-hybridized carbons (Fsp3) is 0.167. The van der Waals surface area contributed by atoms with Crippen LogP contribution in [0.1, 0.15) is 18.0 Å². The first kappa shape index (κ1) is 9.44. The molecule has 0 bridgehead atoms. The van der Waals surface area contributed by atoms with Crippen molar-refractivity contribution < 1.29 is 0 Å². The van der Waals surface area contributed by atoms with Crippen molar-refractivity contribution in [2.24, 2.45) is 5.73 Å². The number of thiophene rings is 1. The molecule has 1 unspecified atom stereocenters. The van der Waals surface area contributed by atoms with Gasteiger partial charge in [-0.3, -0.25) is 0 Å². The predicted molar refractivity (Wildman–Crippen MR) is 63.6 cm³/mol. The van der Waals surface area contributed by atoms with Crippen molar-refractivity contribution in [1.82, 2.24) is 0 Å². The molecule has 2 N–H and O–H groups in total. The Bertz CT molecular complexity index is 444. The van der Waals surface area contributed by atoms with Gasteiger partial charge in [0.15, 0.2) is 0 Å². The molecular formula is C12H13NS. The maximum atomic E-state index is 6.05. The highest BCUT2D eigenvalue weighted by atomic mass is 32.1. The van der Waals surface area contributed by atoms with E-state index in [-0.39, 0.29) is 6.04 Å². The van der Waals surface area contributed by atoms with E-state index in [0.717, 1.165) is 6.42 Å². The summed E-state index contributed by atoms with van der Waals surface area (Å²) in [6, 6.07) is 8.46. The lowest BCUT2D eigenvalue weighted by Crippen LogP contribution is -2.07. The van der Waals surface area contributed by atoms with Crippen molar-refractivity contribution >= 4 is 21.4 Å². The second kappa shape index (κ2) is 3.95. The normalized spacial score (nSPS) is 12.9. The molecule has 1 heterocycles. The number of rotatable bonds is 3. The zero-order valence-corrected chi connectivity index (χ0v) is 8.76. The van der Waals surface area contributed by atoms with Crippen molar-refractivity contribution in [2.45, 2.75) is 12.5 Å². The van der Waals surface area contributed by atoms with Crippen LogP contribution in [0.2, 0.25) is 0 Å². The highest BCUT2D eigenvalue weighted by molar-refractivity contribution is 7.17. The summed E-state index contributed by atoms with van der Waals surface area (Å²) in [4.78, 5) is 0. The molecule has 0 amide bonds. The van der Waals surface area contributed by atoms with Crippen LogP contribution in [0.15, 0.2) is 42.3 Å². The Morgan fingerprint density at radius 3 is 3.00 bits per heavy atom. The van der Waals surface area contributed by atoms with Crippen LogP contribution in [0.4, 0.5) is 0 Å². The van der Waals surface area contributed by atoms with E-state index in [1.807, 2.05) is 6.08 Å². The summed E-state index contributed by atoms with van der Waals surface area (Å²) >= 11 is 1.75. The molecular weight excluding hydrogens is 190 g/mol. The monoisotopic (exact) mass is 203 g/mol. The van der Waals surface area contributed by atoms with Gasteiger partial charge in [0.05, 0.1) is 0 Å². The van der Waals surface area contributed by atoms with E-state index in [1.54, 1.807) is 11.3 Å². The van der Waals surface area contributed by atoms with E-state index < -0.39 is 0 Å². The Balaban J connectivity index is 2.47. The molecule has 2 aromatic rings. The van der Waals surface area contributed by atoms with Crippen molar-refractivity contribution in [3.8, 4) is 0 Å². The van der Waals surface area contributed by atoms with Gasteiger partial charge in [-0.1, -0.05) is 24.3 Å². The average molecular weight is 203 g/mol. The maximum absolute atomic E-state index is 6.05. The van der Waals surface area contributed by atoms with E-state index in [2.05, 4.69) is 36.2 Å². The first-order valence-electron chi connectivity index (χ1n) is 4.65. The van der Waals surface area contributed by atoms with Crippen LogP contribution in [0.3, 0.4) is 0 Å². The summed E-state index contributed by atoms with van der Waals surface area (Å²) < 4.78 is 1.31. The first-order valence-corrected chi connectivity index (χ1v) is 5.53. The maximum Gasteiger partial charge on any atom is 0.0346 e. The first-order chi connectivity index (χ1) is 6.83. The summed E-state index contributed by atoms with van der Waals surface area (Å²) in [6.07, 6.45) is 2.71. The van der Waals surface area contributed by atoms with Crippen LogP contribution in [-0.4, -0.2) is 0 Å². The van der Waals surface area contributed by atoms with Gasteiger partial charge < -0.3 is 5.73 Å². The molecule has 1 aromatic carbocycles. The molecule has 0 aliphatic carbocycles. The minimum absolute atomic E-state index is 0.0867. The van der Waals surface area contributed by atoms with Gasteiger partial charge in [0.1, 0.15) is 0 Å². The predicted octanol–water partition coefficient (Wildman–Crippen LogP) is 3.48. The Morgan fingerprint density at radius 2 is 2.21 bits per heavy atom. The van der Waals surface area contributed by atoms with Crippen molar-refractivity contribution in [1.29, 1.82) is 0 Å². The SMILES string of the molecule is C=CCC(N)c1csc2ccccc12. The fourth-order valence-electron chi connectivity index (χ4n) is 1.59. The highest BCUT2D eigenvalue weighted by Crippen LogP contribution is 2.30. The molecule has 0 saturated heterocycles. The quantitative estimate of drug-likeness (QED) is 0.759. The van der Waals surface area contributed by atoms with Crippen molar-refractivity contribution in [3.63, 3.8) is 0 Å². The van der Waals surface area contributed by atoms with Gasteiger partial charge >= 0.3 is 0 Å². The third-order valence-electron chi connectivity index (χ3n) is 2.33.